The second kappa shape index (κ2) is 4.58. The average molecular weight is 265 g/mol. The Bertz CT molecular complexity index is 611. The number of anilines is 1. The van der Waals surface area contributed by atoms with E-state index in [9.17, 15) is 0 Å². The normalized spacial score (nSPS) is 27.1. The van der Waals surface area contributed by atoms with Crippen molar-refractivity contribution >= 4 is 5.82 Å². The Hall–Kier alpha value is -1.90. The molecule has 0 amide bonds. The van der Waals surface area contributed by atoms with Crippen molar-refractivity contribution in [3.05, 3.63) is 54.0 Å². The molecule has 3 nitrogen and oxygen atoms in total. The molecule has 2 aliphatic carbocycles. The molecule has 1 aromatic carbocycles. The van der Waals surface area contributed by atoms with E-state index in [1.54, 1.807) is 29.7 Å². The van der Waals surface area contributed by atoms with Crippen molar-refractivity contribution < 1.29 is 0 Å². The van der Waals surface area contributed by atoms with Gasteiger partial charge in [-0.25, -0.2) is 4.98 Å². The molecule has 0 aliphatic heterocycles. The van der Waals surface area contributed by atoms with Crippen LogP contribution in [-0.4, -0.2) is 16.5 Å². The Morgan fingerprint density at radius 1 is 1.25 bits per heavy atom. The van der Waals surface area contributed by atoms with Gasteiger partial charge in [-0.05, 0) is 42.7 Å². The van der Waals surface area contributed by atoms with Crippen LogP contribution in [0, 0.1) is 5.92 Å². The van der Waals surface area contributed by atoms with Crippen LogP contribution in [0.4, 0.5) is 5.82 Å². The Balaban J connectivity index is 1.50. The molecule has 20 heavy (non-hydrogen) atoms. The molecule has 1 fully saturated rings. The van der Waals surface area contributed by atoms with E-state index >= 15 is 0 Å². The molecule has 1 N–H and O–H groups in total. The summed E-state index contributed by atoms with van der Waals surface area (Å²) in [5, 5.41) is 3.44. The van der Waals surface area contributed by atoms with Gasteiger partial charge in [0.05, 0.1) is 6.20 Å². The molecular weight excluding hydrogens is 246 g/mol. The average Bonchev–Trinajstić information content (AvgIpc) is 3.20. The molecule has 2 unspecified atom stereocenters. The maximum Gasteiger partial charge on any atom is 0.144 e. The molecule has 1 spiro atoms. The summed E-state index contributed by atoms with van der Waals surface area (Å²) in [6, 6.07) is 9.02. The van der Waals surface area contributed by atoms with Crippen molar-refractivity contribution in [1.29, 1.82) is 0 Å². The highest BCUT2D eigenvalue weighted by Gasteiger charge is 2.55. The molecule has 0 saturated heterocycles. The van der Waals surface area contributed by atoms with Gasteiger partial charge in [0.15, 0.2) is 0 Å². The van der Waals surface area contributed by atoms with Crippen molar-refractivity contribution in [2.24, 2.45) is 5.92 Å². The minimum absolute atomic E-state index is 0.448. The van der Waals surface area contributed by atoms with E-state index in [-0.39, 0.29) is 0 Å². The maximum absolute atomic E-state index is 4.28. The predicted molar refractivity (Wildman–Crippen MR) is 79.7 cm³/mol. The highest BCUT2D eigenvalue weighted by atomic mass is 15.0. The van der Waals surface area contributed by atoms with Gasteiger partial charge in [-0.1, -0.05) is 24.3 Å². The summed E-state index contributed by atoms with van der Waals surface area (Å²) in [6.07, 6.45) is 10.5. The summed E-state index contributed by atoms with van der Waals surface area (Å²) >= 11 is 0. The monoisotopic (exact) mass is 265 g/mol. The first-order valence-electron chi connectivity index (χ1n) is 7.47. The summed E-state index contributed by atoms with van der Waals surface area (Å²) in [7, 11) is 0. The molecule has 102 valence electrons. The standard InChI is InChI=1S/C17H19N3/c1-2-6-15-13(4-1)5-3-7-17(15)10-14(17)11-20-16-12-18-8-9-19-16/h1-2,4,6,8-9,12,14H,3,5,7,10-11H2,(H,19,20). The number of hydrogen-bond donors (Lipinski definition) is 1. The van der Waals surface area contributed by atoms with Crippen LogP contribution in [-0.2, 0) is 11.8 Å². The van der Waals surface area contributed by atoms with E-state index in [1.807, 2.05) is 0 Å². The van der Waals surface area contributed by atoms with Crippen molar-refractivity contribution in [3.8, 4) is 0 Å². The maximum atomic E-state index is 4.28. The van der Waals surface area contributed by atoms with Gasteiger partial charge in [0, 0.05) is 24.4 Å². The first-order valence-corrected chi connectivity index (χ1v) is 7.47. The topological polar surface area (TPSA) is 37.8 Å². The van der Waals surface area contributed by atoms with E-state index in [2.05, 4.69) is 39.6 Å². The number of rotatable bonds is 3. The van der Waals surface area contributed by atoms with Crippen LogP contribution in [0.15, 0.2) is 42.9 Å². The Morgan fingerprint density at radius 2 is 2.20 bits per heavy atom. The van der Waals surface area contributed by atoms with Crippen LogP contribution < -0.4 is 5.32 Å². The van der Waals surface area contributed by atoms with Gasteiger partial charge in [0.2, 0.25) is 0 Å². The molecule has 2 aromatic rings. The zero-order valence-corrected chi connectivity index (χ0v) is 11.5. The summed E-state index contributed by atoms with van der Waals surface area (Å²) in [5.74, 6) is 1.63. The summed E-state index contributed by atoms with van der Waals surface area (Å²) < 4.78 is 0. The fourth-order valence-electron chi connectivity index (χ4n) is 3.86. The Kier molecular flexibility index (Phi) is 2.72. The predicted octanol–water partition coefficient (Wildman–Crippen LogP) is 3.18. The first kappa shape index (κ1) is 11.9. The van der Waals surface area contributed by atoms with Gasteiger partial charge >= 0.3 is 0 Å². The molecule has 2 atom stereocenters. The summed E-state index contributed by atoms with van der Waals surface area (Å²) in [5.41, 5.74) is 3.63. The fourth-order valence-corrected chi connectivity index (χ4v) is 3.86. The SMILES string of the molecule is c1ccc2c(c1)CCCC21CC1CNc1cnccn1. The molecule has 4 rings (SSSR count). The fraction of sp³-hybridized carbons (Fsp3) is 0.412. The lowest BCUT2D eigenvalue weighted by molar-refractivity contribution is 0.503. The van der Waals surface area contributed by atoms with Crippen LogP contribution in [0.25, 0.3) is 0 Å². The summed E-state index contributed by atoms with van der Waals surface area (Å²) in [4.78, 5) is 8.38. The highest BCUT2D eigenvalue weighted by Crippen LogP contribution is 2.60. The van der Waals surface area contributed by atoms with Gasteiger partial charge in [-0.2, -0.15) is 0 Å². The van der Waals surface area contributed by atoms with E-state index in [0.717, 1.165) is 18.3 Å². The Morgan fingerprint density at radius 3 is 3.10 bits per heavy atom. The van der Waals surface area contributed by atoms with E-state index in [1.165, 1.54) is 25.7 Å². The number of hydrogen-bond acceptors (Lipinski definition) is 3. The number of benzene rings is 1. The van der Waals surface area contributed by atoms with Gasteiger partial charge < -0.3 is 5.32 Å². The smallest absolute Gasteiger partial charge is 0.144 e. The molecule has 0 bridgehead atoms. The quantitative estimate of drug-likeness (QED) is 0.926. The lowest BCUT2D eigenvalue weighted by Gasteiger charge is -2.26. The number of aryl methyl sites for hydroxylation is 1. The van der Waals surface area contributed by atoms with Gasteiger partial charge in [-0.15, -0.1) is 0 Å². The van der Waals surface area contributed by atoms with E-state index in [4.69, 9.17) is 0 Å². The number of fused-ring (bicyclic) bond motifs is 2. The molecule has 1 aromatic heterocycles. The number of nitrogens with zero attached hydrogens (tertiary/aromatic N) is 2. The second-order valence-electron chi connectivity index (χ2n) is 6.04. The van der Waals surface area contributed by atoms with Crippen molar-refractivity contribution in [2.45, 2.75) is 31.1 Å². The van der Waals surface area contributed by atoms with Crippen molar-refractivity contribution in [3.63, 3.8) is 0 Å². The van der Waals surface area contributed by atoms with Crippen molar-refractivity contribution in [2.75, 3.05) is 11.9 Å². The van der Waals surface area contributed by atoms with Crippen LogP contribution in [0.3, 0.4) is 0 Å². The third kappa shape index (κ3) is 1.89. The van der Waals surface area contributed by atoms with Gasteiger partial charge in [0.25, 0.3) is 0 Å². The first-order chi connectivity index (χ1) is 9.88. The number of nitrogens with one attached hydrogen (secondary N) is 1. The third-order valence-corrected chi connectivity index (χ3v) is 4.95. The molecule has 1 heterocycles. The molecule has 3 heteroatoms. The van der Waals surface area contributed by atoms with Gasteiger partial charge in [0.1, 0.15) is 5.82 Å². The molecule has 2 aliphatic rings. The van der Waals surface area contributed by atoms with Crippen LogP contribution in [0.5, 0.6) is 0 Å². The van der Waals surface area contributed by atoms with Crippen LogP contribution >= 0.6 is 0 Å². The van der Waals surface area contributed by atoms with E-state index in [0.29, 0.717) is 5.41 Å². The second-order valence-corrected chi connectivity index (χ2v) is 6.04. The van der Waals surface area contributed by atoms with E-state index < -0.39 is 0 Å². The third-order valence-electron chi connectivity index (χ3n) is 4.95. The van der Waals surface area contributed by atoms with Crippen LogP contribution in [0.2, 0.25) is 0 Å². The zero-order valence-electron chi connectivity index (χ0n) is 11.5. The Labute approximate surface area is 119 Å². The largest absolute Gasteiger partial charge is 0.368 e. The summed E-state index contributed by atoms with van der Waals surface area (Å²) in [6.45, 7) is 1.01. The van der Waals surface area contributed by atoms with Crippen molar-refractivity contribution in [1.82, 2.24) is 9.97 Å². The highest BCUT2D eigenvalue weighted by molar-refractivity contribution is 5.43. The van der Waals surface area contributed by atoms with Gasteiger partial charge in [-0.3, -0.25) is 4.98 Å². The molecule has 0 radical (unpaired) electrons. The zero-order chi connectivity index (χ0) is 13.4. The minimum atomic E-state index is 0.448. The van der Waals surface area contributed by atoms with Crippen LogP contribution in [0.1, 0.15) is 30.4 Å². The number of aromatic nitrogens is 2. The minimum Gasteiger partial charge on any atom is -0.368 e. The lowest BCUT2D eigenvalue weighted by Crippen LogP contribution is -2.21. The lowest BCUT2D eigenvalue weighted by atomic mass is 9.78. The molecule has 1 saturated carbocycles. The molecular formula is C17H19N3.